The van der Waals surface area contributed by atoms with Crippen molar-refractivity contribution in [1.82, 2.24) is 0 Å². The summed E-state index contributed by atoms with van der Waals surface area (Å²) in [6.45, 7) is 0. The summed E-state index contributed by atoms with van der Waals surface area (Å²) >= 11 is 0. The molecule has 0 aliphatic heterocycles. The van der Waals surface area contributed by atoms with Gasteiger partial charge >= 0.3 is 0 Å². The van der Waals surface area contributed by atoms with Crippen molar-refractivity contribution in [3.05, 3.63) is 35.8 Å². The minimum atomic E-state index is -0.853. The third-order valence-electron chi connectivity index (χ3n) is 2.89. The molecular formula is C13H16FNO. The molecule has 1 unspecified atom stereocenters. The SMILES string of the molecule is OC1=CC[C@@H](C=NC2=CCC(F)C=C2)CC1. The first kappa shape index (κ1) is 11.1. The van der Waals surface area contributed by atoms with Crippen LogP contribution >= 0.6 is 0 Å². The van der Waals surface area contributed by atoms with Gasteiger partial charge in [0.15, 0.2) is 0 Å². The molecule has 0 spiro atoms. The Morgan fingerprint density at radius 2 is 2.25 bits per heavy atom. The number of allylic oxidation sites excluding steroid dienone is 5. The molecule has 2 aliphatic carbocycles. The maximum absolute atomic E-state index is 12.8. The lowest BCUT2D eigenvalue weighted by Crippen LogP contribution is -2.07. The first-order valence-electron chi connectivity index (χ1n) is 5.68. The number of aliphatic hydroxyl groups excluding tert-OH is 1. The number of alkyl halides is 1. The van der Waals surface area contributed by atoms with E-state index in [1.165, 1.54) is 0 Å². The van der Waals surface area contributed by atoms with Crippen LogP contribution in [-0.2, 0) is 0 Å². The van der Waals surface area contributed by atoms with Crippen molar-refractivity contribution in [3.63, 3.8) is 0 Å². The second-order valence-corrected chi connectivity index (χ2v) is 4.25. The minimum Gasteiger partial charge on any atom is -0.513 e. The van der Waals surface area contributed by atoms with Gasteiger partial charge in [-0.2, -0.15) is 0 Å². The maximum Gasteiger partial charge on any atom is 0.122 e. The number of hydrogen-bond donors (Lipinski definition) is 1. The third kappa shape index (κ3) is 3.05. The van der Waals surface area contributed by atoms with Crippen LogP contribution in [0.15, 0.2) is 40.8 Å². The molecule has 2 atom stereocenters. The molecule has 0 amide bonds. The molecule has 0 fully saturated rings. The lowest BCUT2D eigenvalue weighted by atomic mass is 9.94. The molecule has 0 aromatic carbocycles. The fourth-order valence-electron chi connectivity index (χ4n) is 1.85. The third-order valence-corrected chi connectivity index (χ3v) is 2.89. The number of aliphatic hydroxyl groups is 1. The van der Waals surface area contributed by atoms with Crippen LogP contribution in [0.5, 0.6) is 0 Å². The summed E-state index contributed by atoms with van der Waals surface area (Å²) in [6.07, 6.45) is 10.9. The van der Waals surface area contributed by atoms with Gasteiger partial charge in [-0.3, -0.25) is 4.99 Å². The molecule has 0 aromatic heterocycles. The molecule has 0 bridgehead atoms. The van der Waals surface area contributed by atoms with Crippen LogP contribution in [0.1, 0.15) is 25.7 Å². The van der Waals surface area contributed by atoms with Crippen LogP contribution in [0.4, 0.5) is 4.39 Å². The molecule has 0 heterocycles. The number of nitrogens with zero attached hydrogens (tertiary/aromatic N) is 1. The summed E-state index contributed by atoms with van der Waals surface area (Å²) in [5, 5.41) is 9.23. The topological polar surface area (TPSA) is 32.6 Å². The Morgan fingerprint density at radius 3 is 2.88 bits per heavy atom. The number of rotatable bonds is 2. The first-order chi connectivity index (χ1) is 7.74. The Balaban J connectivity index is 1.88. The smallest absolute Gasteiger partial charge is 0.122 e. The van der Waals surface area contributed by atoms with Gasteiger partial charge in [0, 0.05) is 19.1 Å². The van der Waals surface area contributed by atoms with Gasteiger partial charge in [0.25, 0.3) is 0 Å². The highest BCUT2D eigenvalue weighted by Gasteiger charge is 2.12. The van der Waals surface area contributed by atoms with Gasteiger partial charge in [0.05, 0.1) is 11.5 Å². The van der Waals surface area contributed by atoms with Crippen molar-refractivity contribution in [2.75, 3.05) is 0 Å². The molecule has 2 aliphatic rings. The van der Waals surface area contributed by atoms with Crippen LogP contribution < -0.4 is 0 Å². The number of aliphatic imine (C=N–C) groups is 1. The zero-order valence-electron chi connectivity index (χ0n) is 9.14. The van der Waals surface area contributed by atoms with E-state index in [-0.39, 0.29) is 0 Å². The zero-order chi connectivity index (χ0) is 11.4. The van der Waals surface area contributed by atoms with E-state index in [9.17, 15) is 9.50 Å². The summed E-state index contributed by atoms with van der Waals surface area (Å²) in [7, 11) is 0. The Hall–Kier alpha value is -1.38. The molecule has 2 rings (SSSR count). The summed E-state index contributed by atoms with van der Waals surface area (Å²) in [4.78, 5) is 4.34. The lowest BCUT2D eigenvalue weighted by molar-refractivity contribution is 0.358. The number of hydrogen-bond acceptors (Lipinski definition) is 2. The predicted octanol–water partition coefficient (Wildman–Crippen LogP) is 3.48. The van der Waals surface area contributed by atoms with E-state index in [0.717, 1.165) is 25.0 Å². The molecule has 86 valence electrons. The molecule has 16 heavy (non-hydrogen) atoms. The quantitative estimate of drug-likeness (QED) is 0.711. The van der Waals surface area contributed by atoms with E-state index >= 15 is 0 Å². The summed E-state index contributed by atoms with van der Waals surface area (Å²) < 4.78 is 12.8. The van der Waals surface area contributed by atoms with Crippen LogP contribution in [-0.4, -0.2) is 17.5 Å². The van der Waals surface area contributed by atoms with Gasteiger partial charge in [-0.15, -0.1) is 0 Å². The largest absolute Gasteiger partial charge is 0.513 e. The highest BCUT2D eigenvalue weighted by atomic mass is 19.1. The predicted molar refractivity (Wildman–Crippen MR) is 63.3 cm³/mol. The van der Waals surface area contributed by atoms with Gasteiger partial charge in [-0.25, -0.2) is 4.39 Å². The van der Waals surface area contributed by atoms with Crippen molar-refractivity contribution in [1.29, 1.82) is 0 Å². The van der Waals surface area contributed by atoms with E-state index in [1.54, 1.807) is 12.2 Å². The van der Waals surface area contributed by atoms with E-state index in [4.69, 9.17) is 0 Å². The molecule has 0 radical (unpaired) electrons. The van der Waals surface area contributed by atoms with Crippen molar-refractivity contribution < 1.29 is 9.50 Å². The molecule has 0 saturated carbocycles. The van der Waals surface area contributed by atoms with Gasteiger partial charge in [-0.1, -0.05) is 6.08 Å². The van der Waals surface area contributed by atoms with Crippen molar-refractivity contribution >= 4 is 6.21 Å². The monoisotopic (exact) mass is 221 g/mol. The Kier molecular flexibility index (Phi) is 3.54. The Morgan fingerprint density at radius 1 is 1.38 bits per heavy atom. The normalized spacial score (nSPS) is 30.3. The first-order valence-corrected chi connectivity index (χ1v) is 5.68. The standard InChI is InChI=1S/C13H16FNO/c14-11-3-5-12(6-4-11)15-9-10-1-7-13(16)8-2-10/h3,5-7,9-11,16H,1-2,4,8H2/t10-,11?/m1/s1. The van der Waals surface area contributed by atoms with Crippen LogP contribution in [0, 0.1) is 5.92 Å². The van der Waals surface area contributed by atoms with Crippen LogP contribution in [0.2, 0.25) is 0 Å². The van der Waals surface area contributed by atoms with Crippen molar-refractivity contribution in [2.45, 2.75) is 31.9 Å². The van der Waals surface area contributed by atoms with Gasteiger partial charge in [-0.05, 0) is 37.0 Å². The Bertz CT molecular complexity index is 368. The highest BCUT2D eigenvalue weighted by molar-refractivity contribution is 5.63. The van der Waals surface area contributed by atoms with E-state index in [2.05, 4.69) is 4.99 Å². The molecule has 0 aromatic rings. The Labute approximate surface area is 94.9 Å². The van der Waals surface area contributed by atoms with Crippen LogP contribution in [0.3, 0.4) is 0 Å². The fraction of sp³-hybridized carbons (Fsp3) is 0.462. The van der Waals surface area contributed by atoms with E-state index in [0.29, 0.717) is 18.1 Å². The van der Waals surface area contributed by atoms with Crippen molar-refractivity contribution in [3.8, 4) is 0 Å². The molecule has 0 saturated heterocycles. The van der Waals surface area contributed by atoms with Gasteiger partial charge in [0.2, 0.25) is 0 Å². The molecule has 2 nitrogen and oxygen atoms in total. The van der Waals surface area contributed by atoms with Crippen LogP contribution in [0.25, 0.3) is 0 Å². The minimum absolute atomic E-state index is 0.397. The second kappa shape index (κ2) is 5.10. The fourth-order valence-corrected chi connectivity index (χ4v) is 1.85. The zero-order valence-corrected chi connectivity index (χ0v) is 9.14. The van der Waals surface area contributed by atoms with Gasteiger partial charge in [0.1, 0.15) is 6.17 Å². The average molecular weight is 221 g/mol. The maximum atomic E-state index is 12.8. The average Bonchev–Trinajstić information content (AvgIpc) is 2.30. The summed E-state index contributed by atoms with van der Waals surface area (Å²) in [6, 6.07) is 0. The lowest BCUT2D eigenvalue weighted by Gasteiger charge is -2.15. The second-order valence-electron chi connectivity index (χ2n) is 4.25. The molecule has 3 heteroatoms. The van der Waals surface area contributed by atoms with Crippen molar-refractivity contribution in [2.24, 2.45) is 10.9 Å². The van der Waals surface area contributed by atoms with E-state index in [1.807, 2.05) is 18.4 Å². The molecular weight excluding hydrogens is 205 g/mol. The summed E-state index contributed by atoms with van der Waals surface area (Å²) in [5.41, 5.74) is 0.840. The highest BCUT2D eigenvalue weighted by Crippen LogP contribution is 2.21. The van der Waals surface area contributed by atoms with Gasteiger partial charge < -0.3 is 5.11 Å². The summed E-state index contributed by atoms with van der Waals surface area (Å²) in [5.74, 6) is 0.884. The van der Waals surface area contributed by atoms with E-state index < -0.39 is 6.17 Å². The molecule has 1 N–H and O–H groups in total. The number of halogens is 1.